The van der Waals surface area contributed by atoms with Crippen LogP contribution in [0, 0.1) is 0 Å². The number of aryl methyl sites for hydroxylation is 1. The summed E-state index contributed by atoms with van der Waals surface area (Å²) in [5, 5.41) is 24.8. The number of hydrogen-bond donors (Lipinski definition) is 2. The monoisotopic (exact) mass is 607 g/mol. The molecule has 2 aromatic heterocycles. The molecule has 1 unspecified atom stereocenters. The number of aromatic nitrogens is 6. The summed E-state index contributed by atoms with van der Waals surface area (Å²) >= 11 is 6.43. The van der Waals surface area contributed by atoms with Crippen molar-refractivity contribution >= 4 is 28.9 Å². The van der Waals surface area contributed by atoms with Crippen LogP contribution in [0.1, 0.15) is 26.7 Å². The number of benzene rings is 2. The molecule has 12 nitrogen and oxygen atoms in total. The van der Waals surface area contributed by atoms with Crippen LogP contribution in [0.25, 0.3) is 11.1 Å². The Bertz CT molecular complexity index is 1450. The molecule has 0 aliphatic carbocycles. The van der Waals surface area contributed by atoms with Crippen LogP contribution in [0.2, 0.25) is 5.02 Å². The van der Waals surface area contributed by atoms with E-state index in [4.69, 9.17) is 21.1 Å². The molecule has 1 saturated heterocycles. The number of halogens is 1. The Balaban J connectivity index is 1.22. The summed E-state index contributed by atoms with van der Waals surface area (Å²) in [7, 11) is 1.66. The summed E-state index contributed by atoms with van der Waals surface area (Å²) in [5.74, 6) is 1.76. The Morgan fingerprint density at radius 3 is 2.58 bits per heavy atom. The minimum Gasteiger partial charge on any atom is -0.494 e. The van der Waals surface area contributed by atoms with E-state index in [1.807, 2.05) is 44.2 Å². The number of aliphatic hydroxyl groups is 1. The fraction of sp³-hybridized carbons (Fsp3) is 0.433. The van der Waals surface area contributed by atoms with E-state index in [9.17, 15) is 5.11 Å². The molecule has 0 radical (unpaired) electrons. The number of tetrazole rings is 1. The van der Waals surface area contributed by atoms with Crippen LogP contribution in [0.5, 0.6) is 11.5 Å². The maximum absolute atomic E-state index is 9.76. The number of rotatable bonds is 12. The summed E-state index contributed by atoms with van der Waals surface area (Å²) < 4.78 is 13.5. The van der Waals surface area contributed by atoms with E-state index < -0.39 is 0 Å². The molecule has 0 spiro atoms. The summed E-state index contributed by atoms with van der Waals surface area (Å²) in [6, 6.07) is 11.8. The highest BCUT2D eigenvalue weighted by Gasteiger charge is 2.18. The first kappa shape index (κ1) is 30.5. The maximum atomic E-state index is 9.76. The van der Waals surface area contributed by atoms with Gasteiger partial charge in [0, 0.05) is 68.9 Å². The van der Waals surface area contributed by atoms with Gasteiger partial charge in [-0.15, -0.1) is 5.10 Å². The standard InChI is InChI=1S/C30H38ClN9O3/c1-21(41)19-38-10-4-11-39(14-13-38)25-6-8-27(29(16-25)42-3)35-30-32-17-24(18-33-30)23-5-7-26(31)28(15-23)43-22(2)9-12-40-20-34-36-37-40/h5-8,15-18,20-22,41H,4,9-14,19H2,1-3H3,(H,32,33,35)/t21?,22-/m0/s1. The van der Waals surface area contributed by atoms with Crippen LogP contribution >= 0.6 is 11.6 Å². The first-order chi connectivity index (χ1) is 20.9. The molecule has 2 atom stereocenters. The number of β-amino-alcohol motifs (C(OH)–C–C–N with tert-alkyl or cyclic N) is 1. The van der Waals surface area contributed by atoms with E-state index in [0.29, 0.717) is 35.6 Å². The van der Waals surface area contributed by atoms with E-state index in [1.165, 1.54) is 0 Å². The van der Waals surface area contributed by atoms with Gasteiger partial charge < -0.3 is 24.8 Å². The van der Waals surface area contributed by atoms with Crippen molar-refractivity contribution in [3.63, 3.8) is 0 Å². The molecule has 2 N–H and O–H groups in total. The number of nitrogens with one attached hydrogen (secondary N) is 1. The van der Waals surface area contributed by atoms with Gasteiger partial charge in [0.05, 0.1) is 30.0 Å². The van der Waals surface area contributed by atoms with E-state index >= 15 is 0 Å². The van der Waals surface area contributed by atoms with Gasteiger partial charge in [-0.3, -0.25) is 4.90 Å². The van der Waals surface area contributed by atoms with Gasteiger partial charge in [0.15, 0.2) is 0 Å². The summed E-state index contributed by atoms with van der Waals surface area (Å²) in [6.45, 7) is 8.91. The van der Waals surface area contributed by atoms with Crippen LogP contribution in [-0.4, -0.2) is 92.2 Å². The average Bonchev–Trinajstić information content (AvgIpc) is 3.43. The third-order valence-electron chi connectivity index (χ3n) is 7.31. The largest absolute Gasteiger partial charge is 0.494 e. The van der Waals surface area contributed by atoms with Gasteiger partial charge in [0.25, 0.3) is 0 Å². The van der Waals surface area contributed by atoms with Gasteiger partial charge in [0.2, 0.25) is 5.95 Å². The van der Waals surface area contributed by atoms with Crippen molar-refractivity contribution in [1.82, 2.24) is 35.1 Å². The van der Waals surface area contributed by atoms with Gasteiger partial charge in [-0.2, -0.15) is 0 Å². The molecule has 1 aliphatic heterocycles. The van der Waals surface area contributed by atoms with Crippen LogP contribution in [0.3, 0.4) is 0 Å². The number of methoxy groups -OCH3 is 1. The topological polar surface area (TPSA) is 127 Å². The lowest BCUT2D eigenvalue weighted by Crippen LogP contribution is -2.35. The van der Waals surface area contributed by atoms with E-state index in [1.54, 1.807) is 30.5 Å². The average molecular weight is 608 g/mol. The third kappa shape index (κ3) is 8.31. The summed E-state index contributed by atoms with van der Waals surface area (Å²) in [6.07, 6.45) is 6.46. The molecular weight excluding hydrogens is 570 g/mol. The second-order valence-corrected chi connectivity index (χ2v) is 11.1. The zero-order chi connectivity index (χ0) is 30.2. The van der Waals surface area contributed by atoms with E-state index in [0.717, 1.165) is 61.5 Å². The molecule has 1 fully saturated rings. The molecule has 43 heavy (non-hydrogen) atoms. The normalized spacial score (nSPS) is 15.5. The highest BCUT2D eigenvalue weighted by molar-refractivity contribution is 6.32. The Hall–Kier alpha value is -4.00. The highest BCUT2D eigenvalue weighted by atomic mass is 35.5. The fourth-order valence-corrected chi connectivity index (χ4v) is 5.24. The van der Waals surface area contributed by atoms with Crippen molar-refractivity contribution in [2.75, 3.05) is 50.1 Å². The van der Waals surface area contributed by atoms with Crippen molar-refractivity contribution in [1.29, 1.82) is 0 Å². The van der Waals surface area contributed by atoms with Crippen LogP contribution < -0.4 is 19.7 Å². The van der Waals surface area contributed by atoms with Crippen LogP contribution in [-0.2, 0) is 6.54 Å². The van der Waals surface area contributed by atoms with Crippen molar-refractivity contribution in [2.24, 2.45) is 0 Å². The smallest absolute Gasteiger partial charge is 0.227 e. The van der Waals surface area contributed by atoms with Crippen molar-refractivity contribution in [3.05, 3.63) is 60.1 Å². The van der Waals surface area contributed by atoms with Gasteiger partial charge in [-0.05, 0) is 67.1 Å². The van der Waals surface area contributed by atoms with E-state index in [-0.39, 0.29) is 12.2 Å². The van der Waals surface area contributed by atoms with Crippen LogP contribution in [0.15, 0.2) is 55.1 Å². The predicted octanol–water partition coefficient (Wildman–Crippen LogP) is 4.29. The number of ether oxygens (including phenoxy) is 2. The van der Waals surface area contributed by atoms with Gasteiger partial charge in [0.1, 0.15) is 17.8 Å². The second-order valence-electron chi connectivity index (χ2n) is 10.7. The Kier molecular flexibility index (Phi) is 10.2. The molecule has 13 heteroatoms. The van der Waals surface area contributed by atoms with Gasteiger partial charge in [-0.1, -0.05) is 17.7 Å². The molecule has 4 aromatic rings. The molecular formula is C30H38ClN9O3. The summed E-state index contributed by atoms with van der Waals surface area (Å²) in [4.78, 5) is 13.8. The predicted molar refractivity (Wildman–Crippen MR) is 166 cm³/mol. The molecule has 0 amide bonds. The van der Waals surface area contributed by atoms with Crippen LogP contribution in [0.4, 0.5) is 17.3 Å². The minimum absolute atomic E-state index is 0.0923. The molecule has 5 rings (SSSR count). The van der Waals surface area contributed by atoms with Crippen molar-refractivity contribution < 1.29 is 14.6 Å². The minimum atomic E-state index is -0.319. The van der Waals surface area contributed by atoms with E-state index in [2.05, 4.69) is 46.7 Å². The first-order valence-electron chi connectivity index (χ1n) is 14.5. The number of nitrogens with zero attached hydrogens (tertiary/aromatic N) is 8. The lowest BCUT2D eigenvalue weighted by Gasteiger charge is -2.25. The molecule has 0 saturated carbocycles. The third-order valence-corrected chi connectivity index (χ3v) is 7.62. The molecule has 228 valence electrons. The number of hydrogen-bond acceptors (Lipinski definition) is 11. The lowest BCUT2D eigenvalue weighted by molar-refractivity contribution is 0.131. The summed E-state index contributed by atoms with van der Waals surface area (Å²) in [5.41, 5.74) is 3.61. The Morgan fingerprint density at radius 2 is 1.84 bits per heavy atom. The lowest BCUT2D eigenvalue weighted by atomic mass is 10.1. The molecule has 0 bridgehead atoms. The fourth-order valence-electron chi connectivity index (χ4n) is 5.07. The number of aliphatic hydroxyl groups excluding tert-OH is 1. The first-order valence-corrected chi connectivity index (χ1v) is 14.9. The Morgan fingerprint density at radius 1 is 1.00 bits per heavy atom. The quantitative estimate of drug-likeness (QED) is 0.239. The van der Waals surface area contributed by atoms with Gasteiger partial charge >= 0.3 is 0 Å². The molecule has 2 aromatic carbocycles. The second kappa shape index (κ2) is 14.5. The zero-order valence-corrected chi connectivity index (χ0v) is 25.5. The van der Waals surface area contributed by atoms with Gasteiger partial charge in [-0.25, -0.2) is 14.6 Å². The molecule has 3 heterocycles. The van der Waals surface area contributed by atoms with Crippen molar-refractivity contribution in [3.8, 4) is 22.6 Å². The zero-order valence-electron chi connectivity index (χ0n) is 24.7. The Labute approximate surface area is 256 Å². The SMILES string of the molecule is COc1cc(N2CCCN(CC(C)O)CC2)ccc1Nc1ncc(-c2ccc(Cl)c(O[C@@H](C)CCn3cnnn3)c2)cn1. The number of anilines is 3. The van der Waals surface area contributed by atoms with Crippen molar-refractivity contribution in [2.45, 2.75) is 45.4 Å². The maximum Gasteiger partial charge on any atom is 0.227 e. The highest BCUT2D eigenvalue weighted by Crippen LogP contribution is 2.33. The molecule has 1 aliphatic rings.